The lowest BCUT2D eigenvalue weighted by Gasteiger charge is -2.07. The molecule has 0 atom stereocenters. The van der Waals surface area contributed by atoms with Gasteiger partial charge in [-0.3, -0.25) is 4.79 Å². The number of carbonyl (C=O) groups excluding carboxylic acids is 1. The Bertz CT molecular complexity index is 387. The van der Waals surface area contributed by atoms with Crippen LogP contribution in [0.3, 0.4) is 0 Å². The summed E-state index contributed by atoms with van der Waals surface area (Å²) in [5, 5.41) is 2.40. The first-order valence-electron chi connectivity index (χ1n) is 4.13. The second kappa shape index (κ2) is 5.74. The lowest BCUT2D eigenvalue weighted by Crippen LogP contribution is -2.12. The maximum Gasteiger partial charge on any atom is 0.387 e. The second-order valence-electron chi connectivity index (χ2n) is 2.71. The number of ether oxygens (including phenoxy) is 1. The number of halogens is 4. The quantitative estimate of drug-likeness (QED) is 0.868. The Morgan fingerprint density at radius 1 is 1.50 bits per heavy atom. The van der Waals surface area contributed by atoms with Crippen molar-refractivity contribution in [1.29, 1.82) is 0 Å². The highest BCUT2D eigenvalue weighted by Gasteiger charge is 2.10. The fourth-order valence-corrected chi connectivity index (χ4v) is 1.10. The molecule has 0 aromatic heterocycles. The highest BCUT2D eigenvalue weighted by Crippen LogP contribution is 2.22. The number of amides is 1. The zero-order valence-corrected chi connectivity index (χ0v) is 9.43. The first kappa shape index (κ1) is 12.8. The van der Waals surface area contributed by atoms with Crippen molar-refractivity contribution in [1.82, 2.24) is 0 Å². The summed E-state index contributed by atoms with van der Waals surface area (Å²) in [6.45, 7) is -3.09. The fourth-order valence-electron chi connectivity index (χ4n) is 0.965. The highest BCUT2D eigenvalue weighted by atomic mass is 79.9. The first-order valence-corrected chi connectivity index (χ1v) is 5.25. The smallest absolute Gasteiger partial charge is 0.387 e. The third-order valence-electron chi connectivity index (χ3n) is 1.55. The second-order valence-corrected chi connectivity index (χ2v) is 3.27. The topological polar surface area (TPSA) is 38.3 Å². The van der Waals surface area contributed by atoms with Gasteiger partial charge in [0.2, 0.25) is 5.91 Å². The third kappa shape index (κ3) is 3.73. The Balaban J connectivity index is 2.78. The minimum Gasteiger partial charge on any atom is -0.432 e. The van der Waals surface area contributed by atoms with Crippen molar-refractivity contribution in [3.63, 3.8) is 0 Å². The van der Waals surface area contributed by atoms with E-state index in [1.807, 2.05) is 0 Å². The lowest BCUT2D eigenvalue weighted by molar-refractivity contribution is -0.113. The van der Waals surface area contributed by atoms with Crippen molar-refractivity contribution in [3.05, 3.63) is 24.0 Å². The Hall–Kier alpha value is -1.24. The zero-order chi connectivity index (χ0) is 12.1. The lowest BCUT2D eigenvalue weighted by atomic mass is 10.3. The number of anilines is 1. The fraction of sp³-hybridized carbons (Fsp3) is 0.222. The van der Waals surface area contributed by atoms with Gasteiger partial charge in [0.15, 0.2) is 11.6 Å². The molecule has 0 saturated carbocycles. The molecular formula is C9H7BrF3NO2. The van der Waals surface area contributed by atoms with Gasteiger partial charge >= 0.3 is 6.61 Å². The summed E-state index contributed by atoms with van der Waals surface area (Å²) in [5.74, 6) is -1.90. The van der Waals surface area contributed by atoms with E-state index in [2.05, 4.69) is 26.0 Å². The van der Waals surface area contributed by atoms with Gasteiger partial charge in [-0.15, -0.1) is 0 Å². The number of alkyl halides is 3. The molecule has 0 aliphatic heterocycles. The number of nitrogens with one attached hydrogen (secondary N) is 1. The van der Waals surface area contributed by atoms with E-state index in [0.717, 1.165) is 12.1 Å². The van der Waals surface area contributed by atoms with Crippen LogP contribution in [0.4, 0.5) is 18.9 Å². The Morgan fingerprint density at radius 3 is 2.69 bits per heavy atom. The van der Waals surface area contributed by atoms with E-state index in [-0.39, 0.29) is 16.9 Å². The van der Waals surface area contributed by atoms with Crippen molar-refractivity contribution in [2.24, 2.45) is 0 Å². The van der Waals surface area contributed by atoms with Gasteiger partial charge in [0.05, 0.1) is 5.33 Å². The van der Waals surface area contributed by atoms with Crippen LogP contribution in [0.25, 0.3) is 0 Å². The Morgan fingerprint density at radius 2 is 2.19 bits per heavy atom. The summed E-state index contributed by atoms with van der Waals surface area (Å²) in [5.41, 5.74) is 0.170. The van der Waals surface area contributed by atoms with Crippen LogP contribution >= 0.6 is 15.9 Å². The molecular weight excluding hydrogens is 291 g/mol. The molecule has 1 N–H and O–H groups in total. The molecule has 1 amide bonds. The van der Waals surface area contributed by atoms with E-state index >= 15 is 0 Å². The van der Waals surface area contributed by atoms with E-state index < -0.39 is 18.2 Å². The molecule has 88 valence electrons. The molecule has 7 heteroatoms. The van der Waals surface area contributed by atoms with Gasteiger partial charge in [0.1, 0.15) is 0 Å². The van der Waals surface area contributed by atoms with Gasteiger partial charge in [0.25, 0.3) is 0 Å². The molecule has 0 saturated heterocycles. The molecule has 1 aromatic rings. The molecule has 0 aliphatic carbocycles. The monoisotopic (exact) mass is 297 g/mol. The molecule has 0 unspecified atom stereocenters. The number of benzene rings is 1. The average Bonchev–Trinajstić information content (AvgIpc) is 2.21. The van der Waals surface area contributed by atoms with Gasteiger partial charge in [-0.1, -0.05) is 15.9 Å². The van der Waals surface area contributed by atoms with Crippen molar-refractivity contribution >= 4 is 27.5 Å². The summed E-state index contributed by atoms with van der Waals surface area (Å²) in [7, 11) is 0. The Kier molecular flexibility index (Phi) is 4.60. The van der Waals surface area contributed by atoms with E-state index in [1.54, 1.807) is 0 Å². The van der Waals surface area contributed by atoms with Crippen LogP contribution in [0, 0.1) is 5.82 Å². The standard InChI is InChI=1S/C9H7BrF3NO2/c10-4-8(15)14-5-1-2-7(6(11)3-5)16-9(12)13/h1-3,9H,4H2,(H,14,15). The zero-order valence-electron chi connectivity index (χ0n) is 7.84. The summed E-state index contributed by atoms with van der Waals surface area (Å²) < 4.78 is 40.6. The molecule has 0 aliphatic rings. The molecule has 1 rings (SSSR count). The van der Waals surface area contributed by atoms with Gasteiger partial charge in [0, 0.05) is 11.8 Å². The maximum atomic E-state index is 13.1. The van der Waals surface area contributed by atoms with Crippen molar-refractivity contribution in [3.8, 4) is 5.75 Å². The van der Waals surface area contributed by atoms with Gasteiger partial charge in [-0.05, 0) is 12.1 Å². The van der Waals surface area contributed by atoms with Crippen molar-refractivity contribution in [2.45, 2.75) is 6.61 Å². The molecule has 0 fully saturated rings. The first-order chi connectivity index (χ1) is 7.52. The molecule has 0 spiro atoms. The summed E-state index contributed by atoms with van der Waals surface area (Å²) in [6, 6.07) is 3.19. The van der Waals surface area contributed by atoms with Crippen molar-refractivity contribution in [2.75, 3.05) is 10.6 Å². The molecule has 1 aromatic carbocycles. The van der Waals surface area contributed by atoms with Crippen LogP contribution in [0.5, 0.6) is 5.75 Å². The summed E-state index contributed by atoms with van der Waals surface area (Å²) in [4.78, 5) is 10.9. The minimum absolute atomic E-state index is 0.0594. The predicted octanol–water partition coefficient (Wildman–Crippen LogP) is 2.76. The van der Waals surface area contributed by atoms with Gasteiger partial charge in [-0.25, -0.2) is 4.39 Å². The van der Waals surface area contributed by atoms with Crippen LogP contribution in [0.2, 0.25) is 0 Å². The molecule has 0 heterocycles. The maximum absolute atomic E-state index is 13.1. The average molecular weight is 298 g/mol. The molecule has 0 radical (unpaired) electrons. The number of carbonyl (C=O) groups is 1. The van der Waals surface area contributed by atoms with Crippen LogP contribution in [-0.2, 0) is 4.79 Å². The minimum atomic E-state index is -3.09. The SMILES string of the molecule is O=C(CBr)Nc1ccc(OC(F)F)c(F)c1. The molecule has 0 bridgehead atoms. The van der Waals surface area contributed by atoms with Crippen molar-refractivity contribution < 1.29 is 22.7 Å². The third-order valence-corrected chi connectivity index (χ3v) is 2.06. The Labute approximate surface area is 97.7 Å². The van der Waals surface area contributed by atoms with Gasteiger partial charge < -0.3 is 10.1 Å². The van der Waals surface area contributed by atoms with Gasteiger partial charge in [-0.2, -0.15) is 8.78 Å². The van der Waals surface area contributed by atoms with Crippen LogP contribution in [0.15, 0.2) is 18.2 Å². The molecule has 16 heavy (non-hydrogen) atoms. The number of hydrogen-bond donors (Lipinski definition) is 1. The summed E-state index contributed by atoms with van der Waals surface area (Å²) >= 11 is 2.91. The normalized spacial score (nSPS) is 10.3. The van der Waals surface area contributed by atoms with E-state index in [1.165, 1.54) is 6.07 Å². The predicted molar refractivity (Wildman–Crippen MR) is 55.5 cm³/mol. The molecule has 3 nitrogen and oxygen atoms in total. The van der Waals surface area contributed by atoms with E-state index in [9.17, 15) is 18.0 Å². The number of hydrogen-bond acceptors (Lipinski definition) is 2. The highest BCUT2D eigenvalue weighted by molar-refractivity contribution is 9.09. The van der Waals surface area contributed by atoms with Crippen LogP contribution < -0.4 is 10.1 Å². The van der Waals surface area contributed by atoms with Crippen LogP contribution in [-0.4, -0.2) is 17.8 Å². The number of rotatable bonds is 4. The van der Waals surface area contributed by atoms with E-state index in [0.29, 0.717) is 0 Å². The summed E-state index contributed by atoms with van der Waals surface area (Å²) in [6.07, 6.45) is 0. The van der Waals surface area contributed by atoms with E-state index in [4.69, 9.17) is 0 Å². The van der Waals surface area contributed by atoms with Crippen LogP contribution in [0.1, 0.15) is 0 Å². The largest absolute Gasteiger partial charge is 0.432 e.